The van der Waals surface area contributed by atoms with E-state index in [0.717, 1.165) is 18.6 Å². The van der Waals surface area contributed by atoms with Gasteiger partial charge in [-0.2, -0.15) is 0 Å². The van der Waals surface area contributed by atoms with Crippen molar-refractivity contribution >= 4 is 0 Å². The first kappa shape index (κ1) is 16.3. The highest BCUT2D eigenvalue weighted by Crippen LogP contribution is 2.43. The predicted molar refractivity (Wildman–Crippen MR) is 85.9 cm³/mol. The summed E-state index contributed by atoms with van der Waals surface area (Å²) in [6.07, 6.45) is 8.63. The van der Waals surface area contributed by atoms with E-state index in [9.17, 15) is 0 Å². The summed E-state index contributed by atoms with van der Waals surface area (Å²) in [5, 5.41) is 3.93. The fourth-order valence-corrected chi connectivity index (χ4v) is 3.78. The molecule has 0 aromatic rings. The minimum absolute atomic E-state index is 0.302. The number of nitrogens with one attached hydrogen (secondary N) is 1. The lowest BCUT2D eigenvalue weighted by Gasteiger charge is -2.53. The molecule has 0 heterocycles. The van der Waals surface area contributed by atoms with Crippen LogP contribution in [0.25, 0.3) is 0 Å². The Hall–Kier alpha value is -0.0800. The SMILES string of the molecule is CCC1CCC(NC2CC(OCC(C)C)C2(C)C)CC1. The molecule has 2 aliphatic rings. The molecule has 0 saturated heterocycles. The topological polar surface area (TPSA) is 21.3 Å². The minimum Gasteiger partial charge on any atom is -0.377 e. The number of rotatable bonds is 6. The maximum absolute atomic E-state index is 6.07. The highest BCUT2D eigenvalue weighted by molar-refractivity contribution is 5.04. The lowest BCUT2D eigenvalue weighted by Crippen LogP contribution is -2.63. The maximum Gasteiger partial charge on any atom is 0.0656 e. The minimum atomic E-state index is 0.302. The second-order valence-electron chi connectivity index (χ2n) is 8.12. The van der Waals surface area contributed by atoms with Crippen LogP contribution in [0.5, 0.6) is 0 Å². The van der Waals surface area contributed by atoms with Crippen molar-refractivity contribution in [2.45, 2.75) is 91.3 Å². The second-order valence-corrected chi connectivity index (χ2v) is 8.12. The smallest absolute Gasteiger partial charge is 0.0656 e. The number of hydrogen-bond acceptors (Lipinski definition) is 2. The third-order valence-electron chi connectivity index (χ3n) is 5.67. The number of ether oxygens (including phenoxy) is 1. The Labute approximate surface area is 126 Å². The van der Waals surface area contributed by atoms with Gasteiger partial charge in [0.2, 0.25) is 0 Å². The molecule has 1 N–H and O–H groups in total. The van der Waals surface area contributed by atoms with Gasteiger partial charge < -0.3 is 10.1 Å². The summed E-state index contributed by atoms with van der Waals surface area (Å²) in [5.74, 6) is 1.63. The van der Waals surface area contributed by atoms with Gasteiger partial charge in [-0.1, -0.05) is 41.0 Å². The molecule has 2 fully saturated rings. The molecule has 0 aliphatic heterocycles. The van der Waals surface area contributed by atoms with Crippen LogP contribution in [0.3, 0.4) is 0 Å². The van der Waals surface area contributed by atoms with E-state index in [0.29, 0.717) is 23.5 Å². The quantitative estimate of drug-likeness (QED) is 0.780. The average molecular weight is 281 g/mol. The van der Waals surface area contributed by atoms with E-state index >= 15 is 0 Å². The van der Waals surface area contributed by atoms with Crippen molar-refractivity contribution in [1.29, 1.82) is 0 Å². The largest absolute Gasteiger partial charge is 0.377 e. The van der Waals surface area contributed by atoms with Gasteiger partial charge in [-0.05, 0) is 43.9 Å². The molecule has 2 nitrogen and oxygen atoms in total. The van der Waals surface area contributed by atoms with Crippen molar-refractivity contribution in [3.63, 3.8) is 0 Å². The molecule has 2 heteroatoms. The van der Waals surface area contributed by atoms with Gasteiger partial charge in [-0.15, -0.1) is 0 Å². The van der Waals surface area contributed by atoms with Crippen LogP contribution < -0.4 is 5.32 Å². The van der Waals surface area contributed by atoms with Crippen molar-refractivity contribution in [3.05, 3.63) is 0 Å². The molecule has 2 unspecified atom stereocenters. The van der Waals surface area contributed by atoms with Crippen LogP contribution in [0.15, 0.2) is 0 Å². The zero-order valence-corrected chi connectivity index (χ0v) is 14.2. The molecule has 2 saturated carbocycles. The Morgan fingerprint density at radius 3 is 2.30 bits per heavy atom. The lowest BCUT2D eigenvalue weighted by molar-refractivity contribution is -0.126. The van der Waals surface area contributed by atoms with Crippen molar-refractivity contribution in [3.8, 4) is 0 Å². The fraction of sp³-hybridized carbons (Fsp3) is 1.00. The summed E-state index contributed by atoms with van der Waals surface area (Å²) in [6, 6.07) is 1.41. The summed E-state index contributed by atoms with van der Waals surface area (Å²) in [7, 11) is 0. The molecular formula is C18H35NO. The van der Waals surface area contributed by atoms with E-state index in [2.05, 4.69) is 39.9 Å². The molecule has 0 radical (unpaired) electrons. The van der Waals surface area contributed by atoms with Gasteiger partial charge in [-0.3, -0.25) is 0 Å². The summed E-state index contributed by atoms with van der Waals surface area (Å²) in [5.41, 5.74) is 0.302. The molecule has 2 rings (SSSR count). The first-order chi connectivity index (χ1) is 9.43. The van der Waals surface area contributed by atoms with Crippen LogP contribution in [0, 0.1) is 17.3 Å². The summed E-state index contributed by atoms with van der Waals surface area (Å²) < 4.78 is 6.07. The monoisotopic (exact) mass is 281 g/mol. The maximum atomic E-state index is 6.07. The van der Waals surface area contributed by atoms with Gasteiger partial charge in [0.25, 0.3) is 0 Å². The van der Waals surface area contributed by atoms with E-state index in [1.54, 1.807) is 0 Å². The van der Waals surface area contributed by atoms with Gasteiger partial charge in [0.05, 0.1) is 6.10 Å². The zero-order chi connectivity index (χ0) is 14.8. The summed E-state index contributed by atoms with van der Waals surface area (Å²) in [4.78, 5) is 0. The summed E-state index contributed by atoms with van der Waals surface area (Å²) >= 11 is 0. The average Bonchev–Trinajstić information content (AvgIpc) is 2.42. The van der Waals surface area contributed by atoms with E-state index in [-0.39, 0.29) is 0 Å². The molecule has 118 valence electrons. The van der Waals surface area contributed by atoms with E-state index in [1.165, 1.54) is 38.5 Å². The summed E-state index contributed by atoms with van der Waals surface area (Å²) in [6.45, 7) is 12.4. The van der Waals surface area contributed by atoms with Crippen molar-refractivity contribution in [2.75, 3.05) is 6.61 Å². The Kier molecular flexibility index (Phi) is 5.53. The molecule has 2 atom stereocenters. The molecule has 0 spiro atoms. The van der Waals surface area contributed by atoms with Crippen LogP contribution in [-0.4, -0.2) is 24.8 Å². The molecule has 0 amide bonds. The fourth-order valence-electron chi connectivity index (χ4n) is 3.78. The van der Waals surface area contributed by atoms with Gasteiger partial charge in [-0.25, -0.2) is 0 Å². The number of hydrogen-bond donors (Lipinski definition) is 1. The molecular weight excluding hydrogens is 246 g/mol. The highest BCUT2D eigenvalue weighted by atomic mass is 16.5. The van der Waals surface area contributed by atoms with Gasteiger partial charge in [0.1, 0.15) is 0 Å². The standard InChI is InChI=1S/C18H35NO/c1-6-14-7-9-15(10-8-14)19-16-11-17(18(16,4)5)20-12-13(2)3/h13-17,19H,6-12H2,1-5H3. The van der Waals surface area contributed by atoms with Crippen LogP contribution >= 0.6 is 0 Å². The van der Waals surface area contributed by atoms with Crippen LogP contribution in [0.2, 0.25) is 0 Å². The third-order valence-corrected chi connectivity index (χ3v) is 5.67. The molecule has 20 heavy (non-hydrogen) atoms. The van der Waals surface area contributed by atoms with E-state index in [1.807, 2.05) is 0 Å². The lowest BCUT2D eigenvalue weighted by atomic mass is 9.64. The third kappa shape index (κ3) is 3.76. The second kappa shape index (κ2) is 6.79. The Morgan fingerprint density at radius 1 is 1.15 bits per heavy atom. The van der Waals surface area contributed by atoms with Gasteiger partial charge in [0.15, 0.2) is 0 Å². The Morgan fingerprint density at radius 2 is 1.80 bits per heavy atom. The van der Waals surface area contributed by atoms with Crippen molar-refractivity contribution in [2.24, 2.45) is 17.3 Å². The molecule has 0 aromatic carbocycles. The molecule has 2 aliphatic carbocycles. The zero-order valence-electron chi connectivity index (χ0n) is 14.2. The van der Waals surface area contributed by atoms with E-state index < -0.39 is 0 Å². The first-order valence-corrected chi connectivity index (χ1v) is 8.81. The Bertz CT molecular complexity index is 292. The van der Waals surface area contributed by atoms with Gasteiger partial charge in [0, 0.05) is 24.1 Å². The van der Waals surface area contributed by atoms with E-state index in [4.69, 9.17) is 4.74 Å². The predicted octanol–water partition coefficient (Wildman–Crippen LogP) is 4.38. The van der Waals surface area contributed by atoms with Crippen LogP contribution in [0.1, 0.15) is 73.1 Å². The van der Waals surface area contributed by atoms with Crippen LogP contribution in [0.4, 0.5) is 0 Å². The van der Waals surface area contributed by atoms with Crippen LogP contribution in [-0.2, 0) is 4.74 Å². The normalized spacial score (nSPS) is 36.9. The Balaban J connectivity index is 1.73. The highest BCUT2D eigenvalue weighted by Gasteiger charge is 2.49. The van der Waals surface area contributed by atoms with Crippen molar-refractivity contribution < 1.29 is 4.74 Å². The van der Waals surface area contributed by atoms with Gasteiger partial charge >= 0.3 is 0 Å². The first-order valence-electron chi connectivity index (χ1n) is 8.81. The van der Waals surface area contributed by atoms with Crippen molar-refractivity contribution in [1.82, 2.24) is 5.32 Å². The molecule has 0 bridgehead atoms. The molecule has 0 aromatic heterocycles.